The molecule has 0 saturated carbocycles. The van der Waals surface area contributed by atoms with Gasteiger partial charge in [-0.25, -0.2) is 0 Å². The van der Waals surface area contributed by atoms with E-state index >= 15 is 0 Å². The molecule has 0 saturated heterocycles. The Morgan fingerprint density at radius 3 is 2.50 bits per heavy atom. The summed E-state index contributed by atoms with van der Waals surface area (Å²) in [6.07, 6.45) is 8.01. The summed E-state index contributed by atoms with van der Waals surface area (Å²) in [6, 6.07) is 0.0435. The Morgan fingerprint density at radius 1 is 1.25 bits per heavy atom. The van der Waals surface area contributed by atoms with E-state index in [0.717, 1.165) is 19.3 Å². The molecule has 0 bridgehead atoms. The second-order valence-corrected chi connectivity index (χ2v) is 6.37. The summed E-state index contributed by atoms with van der Waals surface area (Å²) < 4.78 is 0. The van der Waals surface area contributed by atoms with Crippen LogP contribution in [0, 0.1) is 5.41 Å². The highest BCUT2D eigenvalue weighted by Gasteiger charge is 2.35. The summed E-state index contributed by atoms with van der Waals surface area (Å²) in [5.74, 6) is -0.422. The maximum atomic E-state index is 12.1. The fourth-order valence-electron chi connectivity index (χ4n) is 2.23. The van der Waals surface area contributed by atoms with Crippen molar-refractivity contribution < 1.29 is 9.59 Å². The van der Waals surface area contributed by atoms with Gasteiger partial charge in [0.15, 0.2) is 0 Å². The maximum Gasteiger partial charge on any atom is 0.235 e. The Labute approximate surface area is 122 Å². The van der Waals surface area contributed by atoms with Crippen molar-refractivity contribution in [3.05, 3.63) is 11.6 Å². The number of carbonyl (C=O) groups is 2. The molecular formula is C16H28N2O2. The molecule has 0 aromatic rings. The molecule has 0 aliphatic heterocycles. The molecule has 114 valence electrons. The first-order valence-corrected chi connectivity index (χ1v) is 7.61. The lowest BCUT2D eigenvalue weighted by Gasteiger charge is -2.24. The van der Waals surface area contributed by atoms with Crippen LogP contribution < -0.4 is 10.6 Å². The lowest BCUT2D eigenvalue weighted by atomic mass is 9.90. The zero-order valence-corrected chi connectivity index (χ0v) is 13.2. The van der Waals surface area contributed by atoms with Crippen LogP contribution in [-0.2, 0) is 9.59 Å². The van der Waals surface area contributed by atoms with Gasteiger partial charge in [-0.05, 0) is 59.8 Å². The van der Waals surface area contributed by atoms with Crippen LogP contribution in [0.3, 0.4) is 0 Å². The molecule has 0 fully saturated rings. The quantitative estimate of drug-likeness (QED) is 0.580. The number of hydrogen-bond donors (Lipinski definition) is 2. The van der Waals surface area contributed by atoms with Gasteiger partial charge in [-0.1, -0.05) is 11.6 Å². The summed E-state index contributed by atoms with van der Waals surface area (Å²) in [7, 11) is 0. The number of amides is 2. The summed E-state index contributed by atoms with van der Waals surface area (Å²) in [6.45, 7) is 7.73. The largest absolute Gasteiger partial charge is 0.355 e. The van der Waals surface area contributed by atoms with Crippen LogP contribution in [0.2, 0.25) is 0 Å². The Kier molecular flexibility index (Phi) is 6.24. The van der Waals surface area contributed by atoms with Crippen LogP contribution in [0.1, 0.15) is 59.8 Å². The Balaban J connectivity index is 2.40. The van der Waals surface area contributed by atoms with E-state index in [9.17, 15) is 9.59 Å². The number of hydrogen-bond acceptors (Lipinski definition) is 2. The number of rotatable bonds is 6. The van der Waals surface area contributed by atoms with Gasteiger partial charge in [0, 0.05) is 12.6 Å². The van der Waals surface area contributed by atoms with Gasteiger partial charge in [-0.2, -0.15) is 0 Å². The molecule has 20 heavy (non-hydrogen) atoms. The van der Waals surface area contributed by atoms with Crippen molar-refractivity contribution in [2.24, 2.45) is 5.41 Å². The molecule has 0 aromatic carbocycles. The van der Waals surface area contributed by atoms with E-state index in [1.807, 2.05) is 13.8 Å². The molecule has 1 aliphatic carbocycles. The first-order chi connectivity index (χ1) is 9.34. The molecule has 0 unspecified atom stereocenters. The van der Waals surface area contributed by atoms with E-state index in [-0.39, 0.29) is 17.9 Å². The highest BCUT2D eigenvalue weighted by Crippen LogP contribution is 2.20. The molecule has 4 nitrogen and oxygen atoms in total. The van der Waals surface area contributed by atoms with Gasteiger partial charge < -0.3 is 10.6 Å². The topological polar surface area (TPSA) is 58.2 Å². The molecule has 4 heteroatoms. The zero-order valence-electron chi connectivity index (χ0n) is 13.2. The van der Waals surface area contributed by atoms with Crippen molar-refractivity contribution in [1.29, 1.82) is 0 Å². The standard InChI is InChI=1S/C16H28N2O2/c1-12(2)18-15(20)16(3,4)14(19)17-11-10-13-8-6-5-7-9-13/h8,12H,5-7,9-11H2,1-4H3,(H,17,19)(H,18,20). The Bertz CT molecular complexity index is 384. The summed E-state index contributed by atoms with van der Waals surface area (Å²) >= 11 is 0. The molecule has 2 amide bonds. The Morgan fingerprint density at radius 2 is 1.95 bits per heavy atom. The summed E-state index contributed by atoms with van der Waals surface area (Å²) in [4.78, 5) is 24.1. The van der Waals surface area contributed by atoms with Gasteiger partial charge in [0.25, 0.3) is 0 Å². The van der Waals surface area contributed by atoms with Crippen LogP contribution in [0.5, 0.6) is 0 Å². The minimum Gasteiger partial charge on any atom is -0.355 e. The molecule has 0 spiro atoms. The van der Waals surface area contributed by atoms with Crippen molar-refractivity contribution in [3.63, 3.8) is 0 Å². The van der Waals surface area contributed by atoms with Gasteiger partial charge in [0.1, 0.15) is 5.41 Å². The molecule has 0 radical (unpaired) electrons. The van der Waals surface area contributed by atoms with Crippen LogP contribution in [-0.4, -0.2) is 24.4 Å². The maximum absolute atomic E-state index is 12.1. The molecule has 0 atom stereocenters. The average molecular weight is 280 g/mol. The zero-order chi connectivity index (χ0) is 15.2. The predicted molar refractivity (Wildman–Crippen MR) is 81.2 cm³/mol. The number of allylic oxidation sites excluding steroid dienone is 1. The number of nitrogens with one attached hydrogen (secondary N) is 2. The van der Waals surface area contributed by atoms with Crippen LogP contribution in [0.15, 0.2) is 11.6 Å². The van der Waals surface area contributed by atoms with E-state index in [4.69, 9.17) is 0 Å². The van der Waals surface area contributed by atoms with E-state index in [1.54, 1.807) is 13.8 Å². The van der Waals surface area contributed by atoms with Gasteiger partial charge in [-0.3, -0.25) is 9.59 Å². The summed E-state index contributed by atoms with van der Waals surface area (Å²) in [5, 5.41) is 5.68. The van der Waals surface area contributed by atoms with E-state index in [2.05, 4.69) is 16.7 Å². The average Bonchev–Trinajstić information content (AvgIpc) is 2.39. The number of carbonyl (C=O) groups excluding carboxylic acids is 2. The van der Waals surface area contributed by atoms with Gasteiger partial charge >= 0.3 is 0 Å². The fraction of sp³-hybridized carbons (Fsp3) is 0.750. The molecule has 0 heterocycles. The minimum atomic E-state index is -1.02. The molecule has 1 rings (SSSR count). The molecular weight excluding hydrogens is 252 g/mol. The monoisotopic (exact) mass is 280 g/mol. The minimum absolute atomic E-state index is 0.0435. The van der Waals surface area contributed by atoms with E-state index < -0.39 is 5.41 Å². The second-order valence-electron chi connectivity index (χ2n) is 6.37. The molecule has 1 aliphatic rings. The van der Waals surface area contributed by atoms with Crippen LogP contribution in [0.25, 0.3) is 0 Å². The van der Waals surface area contributed by atoms with Crippen LogP contribution in [0.4, 0.5) is 0 Å². The highest BCUT2D eigenvalue weighted by molar-refractivity contribution is 6.04. The van der Waals surface area contributed by atoms with Crippen molar-refractivity contribution in [1.82, 2.24) is 10.6 Å². The molecule has 2 N–H and O–H groups in total. The normalized spacial score (nSPS) is 15.8. The fourth-order valence-corrected chi connectivity index (χ4v) is 2.23. The SMILES string of the molecule is CC(C)NC(=O)C(C)(C)C(=O)NCCC1=CCCCC1. The van der Waals surface area contributed by atoms with Crippen LogP contribution >= 0.6 is 0 Å². The van der Waals surface area contributed by atoms with Crippen molar-refractivity contribution in [3.8, 4) is 0 Å². The van der Waals surface area contributed by atoms with E-state index in [1.165, 1.54) is 18.4 Å². The second kappa shape index (κ2) is 7.46. The highest BCUT2D eigenvalue weighted by atomic mass is 16.2. The Hall–Kier alpha value is -1.32. The van der Waals surface area contributed by atoms with Gasteiger partial charge in [0.05, 0.1) is 0 Å². The van der Waals surface area contributed by atoms with Gasteiger partial charge in [-0.15, -0.1) is 0 Å². The van der Waals surface area contributed by atoms with Crippen molar-refractivity contribution >= 4 is 11.8 Å². The lowest BCUT2D eigenvalue weighted by Crippen LogP contribution is -2.49. The summed E-state index contributed by atoms with van der Waals surface area (Å²) in [5.41, 5.74) is 0.409. The van der Waals surface area contributed by atoms with Crippen molar-refractivity contribution in [2.75, 3.05) is 6.54 Å². The third-order valence-corrected chi connectivity index (χ3v) is 3.67. The van der Waals surface area contributed by atoms with Crippen molar-refractivity contribution in [2.45, 2.75) is 65.8 Å². The third-order valence-electron chi connectivity index (χ3n) is 3.67. The van der Waals surface area contributed by atoms with E-state index in [0.29, 0.717) is 6.54 Å². The van der Waals surface area contributed by atoms with Gasteiger partial charge in [0.2, 0.25) is 11.8 Å². The first kappa shape index (κ1) is 16.7. The third kappa shape index (κ3) is 4.99. The first-order valence-electron chi connectivity index (χ1n) is 7.61. The predicted octanol–water partition coefficient (Wildman–Crippen LogP) is 2.54. The smallest absolute Gasteiger partial charge is 0.235 e. The molecule has 0 aromatic heterocycles. The lowest BCUT2D eigenvalue weighted by molar-refractivity contribution is -0.141.